The second-order valence-corrected chi connectivity index (χ2v) is 13.0. The van der Waals surface area contributed by atoms with E-state index in [2.05, 4.69) is 122 Å². The van der Waals surface area contributed by atoms with Crippen LogP contribution in [0.1, 0.15) is 48.6 Å². The quantitative estimate of drug-likeness (QED) is 0.219. The molecule has 0 aliphatic heterocycles. The van der Waals surface area contributed by atoms with Gasteiger partial charge in [-0.2, -0.15) is 0 Å². The van der Waals surface area contributed by atoms with Crippen molar-refractivity contribution in [2.75, 3.05) is 0 Å². The molecule has 2 heterocycles. The van der Waals surface area contributed by atoms with Gasteiger partial charge in [-0.15, -0.1) is 0 Å². The standard InChI is InChI=1S/C40H30N2O/c1-39(2,3)24-18-19-41-38(20-24)42-36-21-25(43)16-17-29(36)31-22-30-28-12-6-9-15-34(28)40(35(30)23-37(31)42)32-13-7-4-10-26(32)27-11-5-8-14-33(27)40/h4-23,43H,1-3H3. The molecule has 0 saturated carbocycles. The van der Waals surface area contributed by atoms with E-state index in [1.165, 1.54) is 50.1 Å². The van der Waals surface area contributed by atoms with Gasteiger partial charge in [-0.1, -0.05) is 93.6 Å². The van der Waals surface area contributed by atoms with Crippen LogP contribution < -0.4 is 0 Å². The summed E-state index contributed by atoms with van der Waals surface area (Å²) in [5.41, 5.74) is 13.2. The van der Waals surface area contributed by atoms with Gasteiger partial charge in [0, 0.05) is 23.0 Å². The summed E-state index contributed by atoms with van der Waals surface area (Å²) < 4.78 is 2.24. The number of hydrogen-bond donors (Lipinski definition) is 1. The normalized spacial score (nSPS) is 14.2. The van der Waals surface area contributed by atoms with Crippen LogP contribution in [0.3, 0.4) is 0 Å². The number of benzene rings is 5. The molecule has 2 aliphatic carbocycles. The number of phenolic OH excluding ortho intramolecular Hbond substituents is 1. The van der Waals surface area contributed by atoms with Crippen LogP contribution in [0.5, 0.6) is 5.75 Å². The first kappa shape index (κ1) is 24.4. The Morgan fingerprint density at radius 1 is 0.581 bits per heavy atom. The summed E-state index contributed by atoms with van der Waals surface area (Å²) in [6.07, 6.45) is 1.91. The molecule has 5 aromatic carbocycles. The van der Waals surface area contributed by atoms with Crippen molar-refractivity contribution in [3.8, 4) is 33.8 Å². The Balaban J connectivity index is 1.46. The highest BCUT2D eigenvalue weighted by Crippen LogP contribution is 2.63. The number of nitrogens with zero attached hydrogens (tertiary/aromatic N) is 2. The molecule has 2 aromatic heterocycles. The largest absolute Gasteiger partial charge is 0.508 e. The zero-order valence-electron chi connectivity index (χ0n) is 24.4. The van der Waals surface area contributed by atoms with Crippen molar-refractivity contribution in [2.45, 2.75) is 31.6 Å². The molecule has 43 heavy (non-hydrogen) atoms. The zero-order valence-corrected chi connectivity index (χ0v) is 24.4. The molecule has 0 bridgehead atoms. The first-order valence-corrected chi connectivity index (χ1v) is 15.0. The second-order valence-electron chi connectivity index (χ2n) is 13.0. The Morgan fingerprint density at radius 2 is 1.16 bits per heavy atom. The molecule has 0 radical (unpaired) electrons. The predicted molar refractivity (Wildman–Crippen MR) is 175 cm³/mol. The Morgan fingerprint density at radius 3 is 1.79 bits per heavy atom. The number of hydrogen-bond acceptors (Lipinski definition) is 2. The van der Waals surface area contributed by atoms with Gasteiger partial charge in [-0.3, -0.25) is 4.57 Å². The van der Waals surface area contributed by atoms with E-state index >= 15 is 0 Å². The molecule has 0 amide bonds. The van der Waals surface area contributed by atoms with Crippen LogP contribution in [0.2, 0.25) is 0 Å². The third-order valence-electron chi connectivity index (χ3n) is 9.71. The van der Waals surface area contributed by atoms with E-state index in [9.17, 15) is 5.11 Å². The summed E-state index contributed by atoms with van der Waals surface area (Å²) in [7, 11) is 0. The Labute approximate surface area is 250 Å². The van der Waals surface area contributed by atoms with Crippen molar-refractivity contribution in [3.63, 3.8) is 0 Å². The SMILES string of the molecule is CC(C)(C)c1ccnc(-n2c3cc(O)ccc3c3cc4c(cc32)C2(c3ccccc3-c3ccccc32)c2ccccc2-4)c1. The lowest BCUT2D eigenvalue weighted by atomic mass is 9.70. The zero-order chi connectivity index (χ0) is 29.1. The number of rotatable bonds is 1. The van der Waals surface area contributed by atoms with Gasteiger partial charge in [0.1, 0.15) is 11.6 Å². The monoisotopic (exact) mass is 554 g/mol. The van der Waals surface area contributed by atoms with Gasteiger partial charge in [0.15, 0.2) is 0 Å². The Kier molecular flexibility index (Phi) is 4.68. The number of fused-ring (bicyclic) bond motifs is 13. The van der Waals surface area contributed by atoms with Gasteiger partial charge in [-0.05, 0) is 91.9 Å². The third kappa shape index (κ3) is 3.06. The maximum Gasteiger partial charge on any atom is 0.137 e. The van der Waals surface area contributed by atoms with Gasteiger partial charge in [0.2, 0.25) is 0 Å². The van der Waals surface area contributed by atoms with Gasteiger partial charge < -0.3 is 5.11 Å². The Bertz CT molecular complexity index is 2250. The maximum absolute atomic E-state index is 10.7. The molecule has 3 heteroatoms. The van der Waals surface area contributed by atoms with Crippen LogP contribution in [-0.2, 0) is 10.8 Å². The van der Waals surface area contributed by atoms with Gasteiger partial charge in [0.05, 0.1) is 16.4 Å². The van der Waals surface area contributed by atoms with Gasteiger partial charge in [-0.25, -0.2) is 4.98 Å². The highest BCUT2D eigenvalue weighted by molar-refractivity contribution is 6.12. The minimum Gasteiger partial charge on any atom is -0.508 e. The van der Waals surface area contributed by atoms with E-state index in [0.29, 0.717) is 0 Å². The van der Waals surface area contributed by atoms with Gasteiger partial charge in [0.25, 0.3) is 0 Å². The van der Waals surface area contributed by atoms with Crippen molar-refractivity contribution >= 4 is 21.8 Å². The van der Waals surface area contributed by atoms with E-state index in [1.54, 1.807) is 6.07 Å². The molecule has 9 rings (SSSR count). The fourth-order valence-corrected chi connectivity index (χ4v) is 7.84. The summed E-state index contributed by atoms with van der Waals surface area (Å²) in [6.45, 7) is 6.69. The number of pyridine rings is 1. The lowest BCUT2D eigenvalue weighted by Crippen LogP contribution is -2.25. The van der Waals surface area contributed by atoms with Crippen LogP contribution in [0.25, 0.3) is 49.9 Å². The van der Waals surface area contributed by atoms with E-state index in [4.69, 9.17) is 4.98 Å². The van der Waals surface area contributed by atoms with E-state index in [1.807, 2.05) is 18.3 Å². The highest BCUT2D eigenvalue weighted by atomic mass is 16.3. The lowest BCUT2D eigenvalue weighted by molar-refractivity contribution is 0.476. The lowest BCUT2D eigenvalue weighted by Gasteiger charge is -2.30. The molecule has 0 unspecified atom stereocenters. The van der Waals surface area contributed by atoms with Crippen LogP contribution in [-0.4, -0.2) is 14.7 Å². The maximum atomic E-state index is 10.7. The fraction of sp³-hybridized carbons (Fsp3) is 0.125. The minimum absolute atomic E-state index is 0.0250. The average molecular weight is 555 g/mol. The molecule has 0 atom stereocenters. The summed E-state index contributed by atoms with van der Waals surface area (Å²) in [4.78, 5) is 4.90. The predicted octanol–water partition coefficient (Wildman–Crippen LogP) is 9.53. The molecule has 7 aromatic rings. The molecule has 2 aliphatic rings. The third-order valence-corrected chi connectivity index (χ3v) is 9.71. The van der Waals surface area contributed by atoms with Crippen molar-refractivity contribution in [1.82, 2.24) is 9.55 Å². The average Bonchev–Trinajstić information content (AvgIpc) is 3.60. The smallest absolute Gasteiger partial charge is 0.137 e. The van der Waals surface area contributed by atoms with Crippen molar-refractivity contribution in [1.29, 1.82) is 0 Å². The van der Waals surface area contributed by atoms with Crippen molar-refractivity contribution in [3.05, 3.63) is 149 Å². The van der Waals surface area contributed by atoms with Crippen LogP contribution >= 0.6 is 0 Å². The van der Waals surface area contributed by atoms with Crippen LogP contribution in [0.4, 0.5) is 0 Å². The van der Waals surface area contributed by atoms with E-state index in [-0.39, 0.29) is 11.2 Å². The topological polar surface area (TPSA) is 38.0 Å². The molecule has 3 nitrogen and oxygen atoms in total. The first-order valence-electron chi connectivity index (χ1n) is 15.0. The molecule has 206 valence electrons. The van der Waals surface area contributed by atoms with Gasteiger partial charge >= 0.3 is 0 Å². The molecule has 1 N–H and O–H groups in total. The summed E-state index contributed by atoms with van der Waals surface area (Å²) in [6, 6.07) is 41.5. The Hall–Kier alpha value is -5.15. The first-order chi connectivity index (χ1) is 20.9. The highest BCUT2D eigenvalue weighted by Gasteiger charge is 2.51. The minimum atomic E-state index is -0.419. The second kappa shape index (κ2) is 8.23. The number of aromatic hydroxyl groups is 1. The molecule has 0 fully saturated rings. The molecule has 0 saturated heterocycles. The number of aromatic nitrogens is 2. The summed E-state index contributed by atoms with van der Waals surface area (Å²) in [5, 5.41) is 12.9. The molecule has 1 spiro atoms. The summed E-state index contributed by atoms with van der Waals surface area (Å²) >= 11 is 0. The van der Waals surface area contributed by atoms with E-state index < -0.39 is 5.41 Å². The van der Waals surface area contributed by atoms with Crippen molar-refractivity contribution < 1.29 is 5.11 Å². The summed E-state index contributed by atoms with van der Waals surface area (Å²) in [5.74, 6) is 1.10. The van der Waals surface area contributed by atoms with Crippen LogP contribution in [0.15, 0.2) is 121 Å². The van der Waals surface area contributed by atoms with E-state index in [0.717, 1.165) is 27.6 Å². The molecular formula is C40H30N2O. The van der Waals surface area contributed by atoms with Crippen molar-refractivity contribution in [2.24, 2.45) is 0 Å². The fourth-order valence-electron chi connectivity index (χ4n) is 7.84. The molecular weight excluding hydrogens is 524 g/mol. The number of phenols is 1. The van der Waals surface area contributed by atoms with Crippen LogP contribution in [0, 0.1) is 0 Å².